The van der Waals surface area contributed by atoms with Crippen molar-refractivity contribution in [2.75, 3.05) is 19.6 Å². The summed E-state index contributed by atoms with van der Waals surface area (Å²) in [5.41, 5.74) is 0.850. The van der Waals surface area contributed by atoms with E-state index in [-0.39, 0.29) is 11.6 Å². The van der Waals surface area contributed by atoms with Crippen molar-refractivity contribution < 1.29 is 13.9 Å². The zero-order valence-corrected chi connectivity index (χ0v) is 12.8. The van der Waals surface area contributed by atoms with Crippen LogP contribution < -0.4 is 0 Å². The van der Waals surface area contributed by atoms with Crippen molar-refractivity contribution in [2.24, 2.45) is 0 Å². The van der Waals surface area contributed by atoms with Crippen LogP contribution in [0.1, 0.15) is 38.5 Å². The monoisotopic (exact) mass is 306 g/mol. The number of nitrogens with zero attached hydrogens (tertiary/aromatic N) is 2. The van der Waals surface area contributed by atoms with Gasteiger partial charge >= 0.3 is 5.97 Å². The summed E-state index contributed by atoms with van der Waals surface area (Å²) in [4.78, 5) is 16.9. The summed E-state index contributed by atoms with van der Waals surface area (Å²) in [6, 6.07) is 1.15. The molecule has 0 aromatic rings. The van der Waals surface area contributed by atoms with Gasteiger partial charge in [-0.2, -0.15) is 0 Å². The maximum absolute atomic E-state index is 13.7. The van der Waals surface area contributed by atoms with E-state index in [1.807, 2.05) is 0 Å². The van der Waals surface area contributed by atoms with Crippen LogP contribution >= 0.6 is 0 Å². The Hall–Kier alpha value is -0.940. The number of hydrogen-bond acceptors (Lipinski definition) is 4. The lowest BCUT2D eigenvalue weighted by Gasteiger charge is -2.40. The predicted octanol–water partition coefficient (Wildman–Crippen LogP) is 1.65. The smallest absolute Gasteiger partial charge is 0.331 e. The van der Waals surface area contributed by atoms with Gasteiger partial charge in [0.1, 0.15) is 6.17 Å². The number of rotatable bonds is 1. The van der Waals surface area contributed by atoms with Crippen molar-refractivity contribution in [3.05, 3.63) is 11.6 Å². The zero-order chi connectivity index (χ0) is 14.9. The van der Waals surface area contributed by atoms with Crippen LogP contribution in [0.4, 0.5) is 4.39 Å². The fourth-order valence-electron chi connectivity index (χ4n) is 5.78. The topological polar surface area (TPSA) is 32.8 Å². The average Bonchev–Trinajstić information content (AvgIpc) is 3.15. The Labute approximate surface area is 130 Å². The molecule has 3 saturated heterocycles. The molecule has 5 rings (SSSR count). The maximum Gasteiger partial charge on any atom is 0.331 e. The molecule has 120 valence electrons. The fraction of sp³-hybridized carbons (Fsp3) is 0.824. The van der Waals surface area contributed by atoms with E-state index in [9.17, 15) is 9.18 Å². The van der Waals surface area contributed by atoms with Crippen molar-refractivity contribution in [1.82, 2.24) is 9.80 Å². The average molecular weight is 306 g/mol. The number of fused-ring (bicyclic) bond motifs is 3. The minimum absolute atomic E-state index is 0.161. The van der Waals surface area contributed by atoms with Gasteiger partial charge in [0.15, 0.2) is 5.60 Å². The molecule has 0 aromatic heterocycles. The van der Waals surface area contributed by atoms with E-state index in [4.69, 9.17) is 4.74 Å². The lowest BCUT2D eigenvalue weighted by Crippen LogP contribution is -2.51. The van der Waals surface area contributed by atoms with Gasteiger partial charge in [0.05, 0.1) is 6.04 Å². The first kappa shape index (κ1) is 13.5. The minimum Gasteiger partial charge on any atom is -0.450 e. The lowest BCUT2D eigenvalue weighted by atomic mass is 9.75. The normalized spacial score (nSPS) is 48.0. The molecule has 5 heteroatoms. The predicted molar refractivity (Wildman–Crippen MR) is 79.1 cm³/mol. The van der Waals surface area contributed by atoms with E-state index in [1.165, 1.54) is 18.4 Å². The molecule has 5 atom stereocenters. The number of alkyl halides is 1. The minimum atomic E-state index is -0.680. The van der Waals surface area contributed by atoms with Crippen molar-refractivity contribution >= 4 is 5.97 Å². The second-order valence-corrected chi connectivity index (χ2v) is 7.65. The highest BCUT2D eigenvalue weighted by atomic mass is 19.1. The Morgan fingerprint density at radius 1 is 1.23 bits per heavy atom. The third kappa shape index (κ3) is 1.67. The van der Waals surface area contributed by atoms with Gasteiger partial charge in [-0.05, 0) is 37.8 Å². The molecule has 1 saturated carbocycles. The van der Waals surface area contributed by atoms with Crippen LogP contribution in [0.3, 0.4) is 0 Å². The van der Waals surface area contributed by atoms with Gasteiger partial charge < -0.3 is 4.74 Å². The molecule has 4 nitrogen and oxygen atoms in total. The summed E-state index contributed by atoms with van der Waals surface area (Å²) in [5, 5.41) is 0. The molecule has 5 aliphatic rings. The van der Waals surface area contributed by atoms with Crippen LogP contribution in [0.15, 0.2) is 11.6 Å². The second kappa shape index (κ2) is 4.54. The van der Waals surface area contributed by atoms with Gasteiger partial charge in [0, 0.05) is 37.7 Å². The molecule has 1 aliphatic carbocycles. The first-order valence-electron chi connectivity index (χ1n) is 8.75. The van der Waals surface area contributed by atoms with E-state index in [0.29, 0.717) is 31.1 Å². The summed E-state index contributed by atoms with van der Waals surface area (Å²) >= 11 is 0. The van der Waals surface area contributed by atoms with Gasteiger partial charge in [-0.15, -0.1) is 0 Å². The van der Waals surface area contributed by atoms with Crippen LogP contribution in [0.2, 0.25) is 0 Å². The first-order valence-corrected chi connectivity index (χ1v) is 8.75. The quantitative estimate of drug-likeness (QED) is 0.690. The molecule has 2 bridgehead atoms. The highest BCUT2D eigenvalue weighted by Crippen LogP contribution is 2.55. The summed E-state index contributed by atoms with van der Waals surface area (Å²) in [5.74, 6) is -0.161. The Bertz CT molecular complexity index is 551. The van der Waals surface area contributed by atoms with Crippen molar-refractivity contribution in [2.45, 2.75) is 68.4 Å². The molecule has 0 N–H and O–H groups in total. The number of piperidine rings is 1. The third-order valence-corrected chi connectivity index (χ3v) is 6.64. The van der Waals surface area contributed by atoms with Crippen molar-refractivity contribution in [3.8, 4) is 0 Å². The van der Waals surface area contributed by atoms with Crippen molar-refractivity contribution in [1.29, 1.82) is 0 Å². The molecular formula is C17H23FN2O2. The van der Waals surface area contributed by atoms with Crippen molar-refractivity contribution in [3.63, 3.8) is 0 Å². The number of carbonyl (C=O) groups is 1. The van der Waals surface area contributed by atoms with E-state index >= 15 is 0 Å². The Kier molecular flexibility index (Phi) is 2.79. The molecule has 0 amide bonds. The van der Waals surface area contributed by atoms with Gasteiger partial charge in [0.2, 0.25) is 0 Å². The van der Waals surface area contributed by atoms with E-state index in [2.05, 4.69) is 9.80 Å². The van der Waals surface area contributed by atoms with Crippen LogP contribution in [0.25, 0.3) is 0 Å². The number of halogens is 1. The number of likely N-dealkylation sites (tertiary alicyclic amines) is 1. The molecule has 4 aliphatic heterocycles. The number of ether oxygens (including phenoxy) is 1. The van der Waals surface area contributed by atoms with Gasteiger partial charge in [0.25, 0.3) is 0 Å². The molecule has 0 aromatic carbocycles. The highest BCUT2D eigenvalue weighted by Gasteiger charge is 2.64. The Balaban J connectivity index is 1.53. The van der Waals surface area contributed by atoms with E-state index in [0.717, 1.165) is 32.4 Å². The van der Waals surface area contributed by atoms with Crippen LogP contribution in [-0.4, -0.2) is 65.3 Å². The summed E-state index contributed by atoms with van der Waals surface area (Å²) < 4.78 is 19.6. The van der Waals surface area contributed by atoms with E-state index < -0.39 is 6.17 Å². The largest absolute Gasteiger partial charge is 0.450 e. The molecular weight excluding hydrogens is 283 g/mol. The third-order valence-electron chi connectivity index (χ3n) is 6.64. The fourth-order valence-corrected chi connectivity index (χ4v) is 5.78. The number of hydrogen-bond donors (Lipinski definition) is 0. The Morgan fingerprint density at radius 2 is 2.14 bits per heavy atom. The zero-order valence-electron chi connectivity index (χ0n) is 12.8. The van der Waals surface area contributed by atoms with Crippen LogP contribution in [-0.2, 0) is 9.53 Å². The highest BCUT2D eigenvalue weighted by molar-refractivity contribution is 5.87. The SMILES string of the molecule is O=C1C=C2CC(N3CCC(F)C3)[C@@H]3C[C@@]2(O1)[C@H]1CCCCN31. The molecule has 4 fully saturated rings. The Morgan fingerprint density at radius 3 is 2.95 bits per heavy atom. The molecule has 2 unspecified atom stereocenters. The number of esters is 1. The van der Waals surface area contributed by atoms with Gasteiger partial charge in [-0.25, -0.2) is 9.18 Å². The van der Waals surface area contributed by atoms with E-state index in [1.54, 1.807) is 6.08 Å². The maximum atomic E-state index is 13.7. The van der Waals surface area contributed by atoms with Crippen LogP contribution in [0, 0.1) is 0 Å². The summed E-state index contributed by atoms with van der Waals surface area (Å²) in [6.07, 6.45) is 7.11. The number of carbonyl (C=O) groups excluding carboxylic acids is 1. The van der Waals surface area contributed by atoms with Gasteiger partial charge in [-0.3, -0.25) is 9.80 Å². The van der Waals surface area contributed by atoms with Gasteiger partial charge in [-0.1, -0.05) is 6.42 Å². The lowest BCUT2D eigenvalue weighted by molar-refractivity contribution is -0.148. The molecule has 22 heavy (non-hydrogen) atoms. The van der Waals surface area contributed by atoms with Crippen LogP contribution in [0.5, 0.6) is 0 Å². The molecule has 0 radical (unpaired) electrons. The first-order chi connectivity index (χ1) is 10.7. The second-order valence-electron chi connectivity index (χ2n) is 7.65. The molecule has 4 heterocycles. The molecule has 1 spiro atoms. The standard InChI is InChI=1S/C17H23FN2O2/c18-12-4-6-19(10-12)13-7-11-8-16(21)22-17(11)9-14(13)20-5-2-1-3-15(17)20/h8,12-15H,1-7,9-10H2/t12?,13?,14-,15+,17-/m0/s1. The summed E-state index contributed by atoms with van der Waals surface area (Å²) in [7, 11) is 0. The summed E-state index contributed by atoms with van der Waals surface area (Å²) in [6.45, 7) is 2.52.